The number of halogens is 4. The Morgan fingerprint density at radius 3 is 2.19 bits per heavy atom. The first-order valence-corrected chi connectivity index (χ1v) is 10.1. The largest absolute Gasteiger partial charge is 0.371 e. The Hall–Kier alpha value is -3.10. The van der Waals surface area contributed by atoms with Crippen molar-refractivity contribution >= 4 is 17.1 Å². The quantitative estimate of drug-likeness (QED) is 0.562. The van der Waals surface area contributed by atoms with Gasteiger partial charge in [-0.25, -0.2) is 22.1 Å². The molecule has 2 aromatic heterocycles. The second-order valence-electron chi connectivity index (χ2n) is 7.74. The van der Waals surface area contributed by atoms with Crippen LogP contribution < -0.4 is 4.90 Å². The van der Waals surface area contributed by atoms with Gasteiger partial charge in [-0.05, 0) is 49.2 Å². The third-order valence-corrected chi connectivity index (χ3v) is 5.47. The number of hydrogen-bond donors (Lipinski definition) is 0. The van der Waals surface area contributed by atoms with Gasteiger partial charge >= 0.3 is 0 Å². The third-order valence-electron chi connectivity index (χ3n) is 5.47. The molecule has 0 N–H and O–H groups in total. The molecular formula is C22H22F4N4O. The molecule has 0 unspecified atom stereocenters. The van der Waals surface area contributed by atoms with Crippen molar-refractivity contribution in [3.05, 3.63) is 66.0 Å². The fraction of sp³-hybridized carbons (Fsp3) is 0.364. The van der Waals surface area contributed by atoms with Crippen LogP contribution >= 0.6 is 0 Å². The molecule has 0 spiro atoms. The van der Waals surface area contributed by atoms with Gasteiger partial charge in [0.25, 0.3) is 11.8 Å². The molecule has 1 amide bonds. The van der Waals surface area contributed by atoms with Gasteiger partial charge in [0, 0.05) is 37.9 Å². The number of alkyl halides is 2. The molecule has 2 fully saturated rings. The zero-order valence-electron chi connectivity index (χ0n) is 16.8. The minimum Gasteiger partial charge on any atom is -0.371 e. The first kappa shape index (κ1) is 21.1. The summed E-state index contributed by atoms with van der Waals surface area (Å²) in [6.07, 6.45) is 5.36. The van der Waals surface area contributed by atoms with Crippen LogP contribution in [-0.4, -0.2) is 52.5 Å². The lowest BCUT2D eigenvalue weighted by Crippen LogP contribution is -2.31. The second kappa shape index (κ2) is 8.56. The van der Waals surface area contributed by atoms with E-state index in [-0.39, 0.29) is 18.9 Å². The van der Waals surface area contributed by atoms with Crippen LogP contribution in [0.4, 0.5) is 23.2 Å². The number of carbonyl (C=O) groups excluding carboxylic acids is 1. The number of fused-ring (bicyclic) bond motifs is 1. The van der Waals surface area contributed by atoms with E-state index in [2.05, 4.69) is 10.00 Å². The Kier molecular flexibility index (Phi) is 5.84. The second-order valence-corrected chi connectivity index (χ2v) is 7.74. The average molecular weight is 434 g/mol. The van der Waals surface area contributed by atoms with Gasteiger partial charge < -0.3 is 9.80 Å². The fourth-order valence-electron chi connectivity index (χ4n) is 3.82. The van der Waals surface area contributed by atoms with Crippen LogP contribution in [0.3, 0.4) is 0 Å². The number of likely N-dealkylation sites (tertiary alicyclic amines) is 1. The predicted octanol–water partition coefficient (Wildman–Crippen LogP) is 4.38. The van der Waals surface area contributed by atoms with Crippen molar-refractivity contribution in [1.82, 2.24) is 14.5 Å². The molecule has 0 aliphatic carbocycles. The molecule has 5 nitrogen and oxygen atoms in total. The molecule has 0 atom stereocenters. The van der Waals surface area contributed by atoms with E-state index in [0.717, 1.165) is 43.0 Å². The summed E-state index contributed by atoms with van der Waals surface area (Å²) in [6, 6.07) is 8.22. The molecule has 4 heterocycles. The number of benzene rings is 1. The Morgan fingerprint density at radius 2 is 1.61 bits per heavy atom. The maximum Gasteiger partial charge on any atom is 0.267 e. The standard InChI is InChI=1S/C16H18F2N4O.C6H4F2/c17-16(18)4-8-21(11-16)15(23)13-10-19-22-7-3-12(9-14(13)22)20-5-1-2-6-20;7-5-1-2-6(8)4-3-5/h3,7,9-10H,1-2,4-6,8,11H2;1-4H. The zero-order valence-corrected chi connectivity index (χ0v) is 16.8. The molecule has 0 saturated carbocycles. The van der Waals surface area contributed by atoms with Gasteiger partial charge in [-0.15, -0.1) is 0 Å². The molecule has 31 heavy (non-hydrogen) atoms. The highest BCUT2D eigenvalue weighted by Gasteiger charge is 2.41. The Bertz CT molecular complexity index is 1040. The molecule has 164 valence electrons. The summed E-state index contributed by atoms with van der Waals surface area (Å²) in [7, 11) is 0. The number of rotatable bonds is 2. The van der Waals surface area contributed by atoms with Gasteiger partial charge in [-0.1, -0.05) is 0 Å². The number of hydrogen-bond acceptors (Lipinski definition) is 3. The molecule has 2 saturated heterocycles. The van der Waals surface area contributed by atoms with E-state index in [9.17, 15) is 22.4 Å². The number of anilines is 1. The number of aromatic nitrogens is 2. The van der Waals surface area contributed by atoms with Crippen LogP contribution in [0.15, 0.2) is 48.8 Å². The average Bonchev–Trinajstić information content (AvgIpc) is 3.49. The molecule has 0 bridgehead atoms. The van der Waals surface area contributed by atoms with Gasteiger partial charge in [-0.2, -0.15) is 5.10 Å². The van der Waals surface area contributed by atoms with Gasteiger partial charge in [-0.3, -0.25) is 4.79 Å². The Labute approximate surface area is 176 Å². The number of carbonyl (C=O) groups is 1. The smallest absolute Gasteiger partial charge is 0.267 e. The zero-order chi connectivity index (χ0) is 22.0. The first-order valence-electron chi connectivity index (χ1n) is 10.1. The van der Waals surface area contributed by atoms with E-state index in [1.165, 1.54) is 23.9 Å². The van der Waals surface area contributed by atoms with Gasteiger partial charge in [0.1, 0.15) is 11.6 Å². The van der Waals surface area contributed by atoms with Crippen molar-refractivity contribution in [2.45, 2.75) is 25.2 Å². The van der Waals surface area contributed by atoms with Crippen LogP contribution in [-0.2, 0) is 0 Å². The lowest BCUT2D eigenvalue weighted by atomic mass is 10.2. The third kappa shape index (κ3) is 4.81. The van der Waals surface area contributed by atoms with E-state index in [1.807, 2.05) is 18.3 Å². The molecule has 5 rings (SSSR count). The van der Waals surface area contributed by atoms with Crippen molar-refractivity contribution in [2.24, 2.45) is 0 Å². The molecule has 1 aromatic carbocycles. The lowest BCUT2D eigenvalue weighted by molar-refractivity contribution is 0.0120. The topological polar surface area (TPSA) is 40.9 Å². The van der Waals surface area contributed by atoms with E-state index in [4.69, 9.17) is 0 Å². The summed E-state index contributed by atoms with van der Waals surface area (Å²) in [5.41, 5.74) is 2.12. The van der Waals surface area contributed by atoms with E-state index < -0.39 is 24.1 Å². The molecule has 9 heteroatoms. The maximum atomic E-state index is 13.4. The van der Waals surface area contributed by atoms with Crippen LogP contribution in [0.25, 0.3) is 5.52 Å². The normalized spacial score (nSPS) is 17.7. The van der Waals surface area contributed by atoms with E-state index >= 15 is 0 Å². The SMILES string of the molecule is Fc1ccc(F)cc1.O=C(c1cnn2ccc(N3CCCC3)cc12)N1CCC(F)(F)C1. The van der Waals surface area contributed by atoms with Crippen LogP contribution in [0.1, 0.15) is 29.6 Å². The summed E-state index contributed by atoms with van der Waals surface area (Å²) >= 11 is 0. The Balaban J connectivity index is 0.000000245. The highest BCUT2D eigenvalue weighted by Crippen LogP contribution is 2.29. The molecular weight excluding hydrogens is 412 g/mol. The predicted molar refractivity (Wildman–Crippen MR) is 108 cm³/mol. The van der Waals surface area contributed by atoms with Gasteiger partial charge in [0.05, 0.1) is 23.8 Å². The fourth-order valence-corrected chi connectivity index (χ4v) is 3.82. The number of amides is 1. The van der Waals surface area contributed by atoms with Crippen LogP contribution in [0.2, 0.25) is 0 Å². The molecule has 2 aliphatic heterocycles. The van der Waals surface area contributed by atoms with Crippen molar-refractivity contribution in [1.29, 1.82) is 0 Å². The van der Waals surface area contributed by atoms with Gasteiger partial charge in [0.15, 0.2) is 0 Å². The first-order chi connectivity index (χ1) is 14.8. The summed E-state index contributed by atoms with van der Waals surface area (Å²) < 4.78 is 52.2. The minimum atomic E-state index is -2.78. The van der Waals surface area contributed by atoms with Crippen molar-refractivity contribution in [3.63, 3.8) is 0 Å². The van der Waals surface area contributed by atoms with Crippen LogP contribution in [0.5, 0.6) is 0 Å². The summed E-state index contributed by atoms with van der Waals surface area (Å²) in [5, 5.41) is 4.18. The van der Waals surface area contributed by atoms with Crippen molar-refractivity contribution < 1.29 is 22.4 Å². The van der Waals surface area contributed by atoms with Crippen molar-refractivity contribution in [2.75, 3.05) is 31.1 Å². The lowest BCUT2D eigenvalue weighted by Gasteiger charge is -2.18. The van der Waals surface area contributed by atoms with Crippen LogP contribution in [0, 0.1) is 11.6 Å². The molecule has 2 aliphatic rings. The summed E-state index contributed by atoms with van der Waals surface area (Å²) in [5.74, 6) is -3.96. The summed E-state index contributed by atoms with van der Waals surface area (Å²) in [4.78, 5) is 16.1. The Morgan fingerprint density at radius 1 is 0.968 bits per heavy atom. The highest BCUT2D eigenvalue weighted by molar-refractivity contribution is 6.01. The summed E-state index contributed by atoms with van der Waals surface area (Å²) in [6.45, 7) is 1.60. The van der Waals surface area contributed by atoms with E-state index in [0.29, 0.717) is 11.1 Å². The van der Waals surface area contributed by atoms with Gasteiger partial charge in [0.2, 0.25) is 0 Å². The molecule has 0 radical (unpaired) electrons. The maximum absolute atomic E-state index is 13.4. The van der Waals surface area contributed by atoms with E-state index in [1.54, 1.807) is 4.52 Å². The van der Waals surface area contributed by atoms with Crippen molar-refractivity contribution in [3.8, 4) is 0 Å². The minimum absolute atomic E-state index is 0.0923. The molecule has 3 aromatic rings. The highest BCUT2D eigenvalue weighted by atomic mass is 19.3. The number of pyridine rings is 1. The number of nitrogens with zero attached hydrogens (tertiary/aromatic N) is 4. The monoisotopic (exact) mass is 434 g/mol.